The molecule has 0 fully saturated rings. The third-order valence-electron chi connectivity index (χ3n) is 8.90. The number of unbranched alkanes of at least 4 members (excludes halogenated alkanes) is 22. The van der Waals surface area contributed by atoms with E-state index in [1.807, 2.05) is 0 Å². The molecule has 52 heavy (non-hydrogen) atoms. The first-order chi connectivity index (χ1) is 25.3. The van der Waals surface area contributed by atoms with E-state index in [0.717, 1.165) is 64.2 Å². The van der Waals surface area contributed by atoms with E-state index < -0.39 is 30.4 Å². The number of ether oxygens (including phenoxy) is 4. The number of nitrogens with zero attached hydrogens (tertiary/aromatic N) is 1. The SMILES string of the molecule is CCCCCCCC/C=C\CCCCCCCC(=O)OC(=O)OCC(CN(C)C)OC(=O)OC(=O)CCCCCCC/C=C\CCCCCCCC. The van der Waals surface area contributed by atoms with Crippen LogP contribution < -0.4 is 0 Å². The van der Waals surface area contributed by atoms with E-state index in [4.69, 9.17) is 18.9 Å². The number of hydrogen-bond donors (Lipinski definition) is 0. The van der Waals surface area contributed by atoms with E-state index in [1.54, 1.807) is 19.0 Å². The highest BCUT2D eigenvalue weighted by atomic mass is 16.8. The van der Waals surface area contributed by atoms with Gasteiger partial charge in [0, 0.05) is 19.4 Å². The predicted molar refractivity (Wildman–Crippen MR) is 211 cm³/mol. The highest BCUT2D eigenvalue weighted by molar-refractivity contribution is 5.82. The van der Waals surface area contributed by atoms with E-state index in [9.17, 15) is 19.2 Å². The maximum atomic E-state index is 12.2. The first kappa shape index (κ1) is 49.3. The molecule has 0 aromatic heterocycles. The zero-order valence-corrected chi connectivity index (χ0v) is 33.8. The number of esters is 2. The normalized spacial score (nSPS) is 12.1. The average molecular weight is 736 g/mol. The Morgan fingerprint density at radius 1 is 0.481 bits per heavy atom. The van der Waals surface area contributed by atoms with E-state index in [0.29, 0.717) is 12.8 Å². The van der Waals surface area contributed by atoms with E-state index in [-0.39, 0.29) is 26.0 Å². The molecule has 0 saturated carbocycles. The van der Waals surface area contributed by atoms with Gasteiger partial charge < -0.3 is 23.8 Å². The van der Waals surface area contributed by atoms with E-state index in [1.165, 1.54) is 89.9 Å². The molecule has 9 nitrogen and oxygen atoms in total. The second-order valence-corrected chi connectivity index (χ2v) is 14.4. The van der Waals surface area contributed by atoms with Gasteiger partial charge in [-0.05, 0) is 78.3 Å². The van der Waals surface area contributed by atoms with Crippen molar-refractivity contribution in [3.05, 3.63) is 24.3 Å². The van der Waals surface area contributed by atoms with Crippen LogP contribution in [0.4, 0.5) is 9.59 Å². The topological polar surface area (TPSA) is 108 Å². The lowest BCUT2D eigenvalue weighted by atomic mass is 10.1. The van der Waals surface area contributed by atoms with Gasteiger partial charge in [0.05, 0.1) is 0 Å². The Kier molecular flexibility index (Phi) is 36.1. The monoisotopic (exact) mass is 736 g/mol. The third kappa shape index (κ3) is 37.1. The average Bonchev–Trinajstić information content (AvgIpc) is 3.10. The Morgan fingerprint density at radius 3 is 1.21 bits per heavy atom. The molecular formula is C43H77NO8. The standard InChI is InChI=1S/C43H77NO8/c1-5-7-9-11-13-15-17-19-21-23-25-27-29-31-33-35-40(45)51-42(47)49-38-39(37-44(3)4)50-43(48)52-41(46)36-34-32-30-28-26-24-22-20-18-16-14-12-10-8-6-2/h19-22,39H,5-18,23-38H2,1-4H3/b21-19-,22-20-. The molecule has 0 amide bonds. The molecule has 0 heterocycles. The van der Waals surface area contributed by atoms with Crippen molar-refractivity contribution in [2.24, 2.45) is 0 Å². The van der Waals surface area contributed by atoms with Crippen LogP contribution in [-0.2, 0) is 28.5 Å². The molecule has 9 heteroatoms. The Morgan fingerprint density at radius 2 is 0.827 bits per heavy atom. The fourth-order valence-electron chi connectivity index (χ4n) is 5.85. The van der Waals surface area contributed by atoms with Crippen molar-refractivity contribution in [1.29, 1.82) is 0 Å². The van der Waals surface area contributed by atoms with Crippen molar-refractivity contribution in [3.8, 4) is 0 Å². The van der Waals surface area contributed by atoms with Crippen LogP contribution >= 0.6 is 0 Å². The van der Waals surface area contributed by atoms with Crippen molar-refractivity contribution in [2.75, 3.05) is 27.2 Å². The molecule has 302 valence electrons. The molecule has 0 spiro atoms. The summed E-state index contributed by atoms with van der Waals surface area (Å²) in [6.07, 6.45) is 36.3. The van der Waals surface area contributed by atoms with Crippen LogP contribution in [0.25, 0.3) is 0 Å². The lowest BCUT2D eigenvalue weighted by Crippen LogP contribution is -2.35. The summed E-state index contributed by atoms with van der Waals surface area (Å²) in [5.41, 5.74) is 0. The minimum atomic E-state index is -1.14. The molecule has 0 saturated heterocycles. The summed E-state index contributed by atoms with van der Waals surface area (Å²) < 4.78 is 19.8. The molecule has 0 aliphatic heterocycles. The van der Waals surface area contributed by atoms with Gasteiger partial charge in [0.2, 0.25) is 0 Å². The van der Waals surface area contributed by atoms with Crippen molar-refractivity contribution in [2.45, 2.75) is 200 Å². The van der Waals surface area contributed by atoms with Gasteiger partial charge in [-0.1, -0.05) is 141 Å². The van der Waals surface area contributed by atoms with Gasteiger partial charge >= 0.3 is 24.2 Å². The molecule has 0 rings (SSSR count). The molecule has 1 atom stereocenters. The fourth-order valence-corrected chi connectivity index (χ4v) is 5.85. The number of carbonyl (C=O) groups is 4. The summed E-state index contributed by atoms with van der Waals surface area (Å²) in [6, 6.07) is 0. The van der Waals surface area contributed by atoms with Crippen molar-refractivity contribution in [1.82, 2.24) is 4.90 Å². The van der Waals surface area contributed by atoms with E-state index >= 15 is 0 Å². The minimum absolute atomic E-state index is 0.132. The van der Waals surface area contributed by atoms with Gasteiger partial charge in [-0.3, -0.25) is 9.59 Å². The minimum Gasteiger partial charge on any atom is -0.430 e. The third-order valence-corrected chi connectivity index (χ3v) is 8.90. The summed E-state index contributed by atoms with van der Waals surface area (Å²) in [4.78, 5) is 50.2. The van der Waals surface area contributed by atoms with Crippen LogP contribution in [0.15, 0.2) is 24.3 Å². The highest BCUT2D eigenvalue weighted by Gasteiger charge is 2.22. The van der Waals surface area contributed by atoms with Gasteiger partial charge in [0.25, 0.3) is 0 Å². The number of carbonyl (C=O) groups excluding carboxylic acids is 4. The van der Waals surface area contributed by atoms with Gasteiger partial charge in [0.15, 0.2) is 6.10 Å². The van der Waals surface area contributed by atoms with Crippen molar-refractivity contribution >= 4 is 24.2 Å². The fraction of sp³-hybridized carbons (Fsp3) is 0.814. The maximum Gasteiger partial charge on any atom is 0.516 e. The Hall–Kier alpha value is -2.68. The van der Waals surface area contributed by atoms with Gasteiger partial charge in [0.1, 0.15) is 6.61 Å². The number of likely N-dealkylation sites (N-methyl/N-ethyl adjacent to an activating group) is 1. The zero-order valence-electron chi connectivity index (χ0n) is 33.8. The van der Waals surface area contributed by atoms with Crippen LogP contribution in [-0.4, -0.2) is 62.5 Å². The first-order valence-corrected chi connectivity index (χ1v) is 21.0. The van der Waals surface area contributed by atoms with Crippen molar-refractivity contribution < 1.29 is 38.1 Å². The highest BCUT2D eigenvalue weighted by Crippen LogP contribution is 2.13. The summed E-state index contributed by atoms with van der Waals surface area (Å²) in [7, 11) is 3.52. The Labute approximate surface area is 318 Å². The molecule has 0 bridgehead atoms. The summed E-state index contributed by atoms with van der Waals surface area (Å²) in [5, 5.41) is 0. The van der Waals surface area contributed by atoms with Crippen LogP contribution in [0, 0.1) is 0 Å². The molecular weight excluding hydrogens is 658 g/mol. The second-order valence-electron chi connectivity index (χ2n) is 14.4. The summed E-state index contributed by atoms with van der Waals surface area (Å²) in [5.74, 6) is -1.29. The molecule has 0 aliphatic rings. The number of allylic oxidation sites excluding steroid dienone is 4. The van der Waals surface area contributed by atoms with Gasteiger partial charge in [-0.15, -0.1) is 0 Å². The Bertz CT molecular complexity index is 932. The molecule has 0 aromatic carbocycles. The molecule has 0 aliphatic carbocycles. The summed E-state index contributed by atoms with van der Waals surface area (Å²) in [6.45, 7) is 4.36. The number of hydrogen-bond acceptors (Lipinski definition) is 9. The molecule has 0 aromatic rings. The lowest BCUT2D eigenvalue weighted by Gasteiger charge is -2.20. The maximum absolute atomic E-state index is 12.2. The number of rotatable bonds is 35. The van der Waals surface area contributed by atoms with Crippen LogP contribution in [0.1, 0.15) is 194 Å². The van der Waals surface area contributed by atoms with E-state index in [2.05, 4.69) is 38.2 Å². The quantitative estimate of drug-likeness (QED) is 0.0272. The summed E-state index contributed by atoms with van der Waals surface area (Å²) >= 11 is 0. The van der Waals surface area contributed by atoms with Gasteiger partial charge in [-0.25, -0.2) is 9.59 Å². The zero-order chi connectivity index (χ0) is 38.3. The largest absolute Gasteiger partial charge is 0.516 e. The molecule has 0 N–H and O–H groups in total. The molecule has 0 radical (unpaired) electrons. The molecule has 1 unspecified atom stereocenters. The Balaban J connectivity index is 3.96. The van der Waals surface area contributed by atoms with Crippen LogP contribution in [0.5, 0.6) is 0 Å². The van der Waals surface area contributed by atoms with Crippen molar-refractivity contribution in [3.63, 3.8) is 0 Å². The second kappa shape index (κ2) is 38.1. The van der Waals surface area contributed by atoms with Crippen LogP contribution in [0.2, 0.25) is 0 Å². The predicted octanol–water partition coefficient (Wildman–Crippen LogP) is 12.4. The van der Waals surface area contributed by atoms with Crippen LogP contribution in [0.3, 0.4) is 0 Å². The lowest BCUT2D eigenvalue weighted by molar-refractivity contribution is -0.143. The smallest absolute Gasteiger partial charge is 0.430 e. The van der Waals surface area contributed by atoms with Gasteiger partial charge in [-0.2, -0.15) is 0 Å². The first-order valence-electron chi connectivity index (χ1n) is 21.0.